The van der Waals surface area contributed by atoms with Crippen LogP contribution in [0.1, 0.15) is 35.3 Å². The van der Waals surface area contributed by atoms with E-state index in [2.05, 4.69) is 0 Å². The van der Waals surface area contributed by atoms with Crippen LogP contribution in [0.2, 0.25) is 0 Å². The average molecular weight is 563 g/mol. The molecule has 0 aromatic heterocycles. The highest BCUT2D eigenvalue weighted by molar-refractivity contribution is 7.98. The second-order valence-electron chi connectivity index (χ2n) is 10.4. The lowest BCUT2D eigenvalue weighted by Crippen LogP contribution is -2.63. The van der Waals surface area contributed by atoms with Crippen molar-refractivity contribution < 1.29 is 32.2 Å². The fraction of sp³-hybridized carbons (Fsp3) is 0.300. The van der Waals surface area contributed by atoms with Gasteiger partial charge in [-0.2, -0.15) is 4.31 Å². The molecular weight excluding hydrogens is 532 g/mol. The zero-order valence-electron chi connectivity index (χ0n) is 22.1. The Labute approximate surface area is 233 Å². The number of rotatable bonds is 6. The normalized spacial score (nSPS) is 28.6. The Morgan fingerprint density at radius 2 is 1.52 bits per heavy atom. The number of fused-ring (bicyclic) bond motifs is 2. The smallest absolute Gasteiger partial charge is 0.338 e. The Morgan fingerprint density at radius 3 is 2.17 bits per heavy atom. The van der Waals surface area contributed by atoms with Crippen LogP contribution in [0.15, 0.2) is 96.7 Å². The molecule has 1 spiro atoms. The number of ether oxygens (including phenoxy) is 4. The molecule has 0 aliphatic carbocycles. The van der Waals surface area contributed by atoms with E-state index in [1.807, 2.05) is 30.3 Å². The SMILES string of the molecule is CC1(C)O[C@H]2O[C@H](COC(=O)c3ccccc3)[C@]3(C(N)=C(c4ccccc4)S(=O)(=O)N3Cc3ccccc3)[C@H]2O1. The van der Waals surface area contributed by atoms with Gasteiger partial charge in [0.15, 0.2) is 12.1 Å². The standard InChI is InChI=1S/C30H30N2O7S/c1-29(2)38-26-28(39-29)37-23(19-36-27(33)22-16-10-5-11-17-22)30(26)25(31)24(21-14-8-4-9-15-21)40(34,35)32(30)18-20-12-6-3-7-13-20/h3-17,23,26,28H,18-19,31H2,1-2H3/t23-,26+,28-,30+/m1/s1. The van der Waals surface area contributed by atoms with E-state index in [1.165, 1.54) is 4.31 Å². The van der Waals surface area contributed by atoms with Crippen molar-refractivity contribution in [2.45, 2.75) is 50.2 Å². The molecule has 10 heteroatoms. The maximum atomic E-state index is 14.5. The van der Waals surface area contributed by atoms with E-state index in [-0.39, 0.29) is 23.8 Å². The number of carbonyl (C=O) groups is 1. The van der Waals surface area contributed by atoms with Gasteiger partial charge in [-0.25, -0.2) is 13.2 Å². The molecule has 0 saturated carbocycles. The number of esters is 1. The number of benzene rings is 3. The molecule has 6 rings (SSSR count). The first-order valence-corrected chi connectivity index (χ1v) is 14.4. The zero-order chi connectivity index (χ0) is 28.1. The second kappa shape index (κ2) is 9.83. The number of sulfonamides is 1. The van der Waals surface area contributed by atoms with E-state index in [4.69, 9.17) is 24.7 Å². The fourth-order valence-corrected chi connectivity index (χ4v) is 7.94. The summed E-state index contributed by atoms with van der Waals surface area (Å²) in [5.41, 5.74) is 6.97. The molecule has 3 aromatic carbocycles. The van der Waals surface area contributed by atoms with Crippen molar-refractivity contribution in [2.75, 3.05) is 6.61 Å². The number of hydrogen-bond acceptors (Lipinski definition) is 8. The lowest BCUT2D eigenvalue weighted by atomic mass is 9.83. The minimum Gasteiger partial charge on any atom is -0.459 e. The topological polar surface area (TPSA) is 117 Å². The van der Waals surface area contributed by atoms with Crippen LogP contribution in [0.25, 0.3) is 4.91 Å². The van der Waals surface area contributed by atoms with E-state index >= 15 is 0 Å². The molecule has 3 aliphatic heterocycles. The van der Waals surface area contributed by atoms with Crippen LogP contribution in [-0.2, 0) is 35.5 Å². The third kappa shape index (κ3) is 4.23. The van der Waals surface area contributed by atoms with E-state index in [9.17, 15) is 13.2 Å². The molecule has 2 N–H and O–H groups in total. The Balaban J connectivity index is 1.50. The average Bonchev–Trinajstić information content (AvgIpc) is 3.47. The molecule has 2 fully saturated rings. The first-order valence-electron chi connectivity index (χ1n) is 13.0. The first-order chi connectivity index (χ1) is 19.1. The minimum absolute atomic E-state index is 0.0142. The summed E-state index contributed by atoms with van der Waals surface area (Å²) in [6.07, 6.45) is -2.90. The van der Waals surface area contributed by atoms with Crippen molar-refractivity contribution in [1.82, 2.24) is 4.31 Å². The summed E-state index contributed by atoms with van der Waals surface area (Å²) in [4.78, 5) is 12.9. The molecule has 2 saturated heterocycles. The zero-order valence-corrected chi connectivity index (χ0v) is 22.9. The third-order valence-electron chi connectivity index (χ3n) is 7.50. The van der Waals surface area contributed by atoms with Gasteiger partial charge in [-0.05, 0) is 37.1 Å². The molecule has 3 heterocycles. The predicted molar refractivity (Wildman–Crippen MR) is 147 cm³/mol. The summed E-state index contributed by atoms with van der Waals surface area (Å²) in [5, 5.41) is 0. The van der Waals surface area contributed by atoms with Gasteiger partial charge in [0.1, 0.15) is 29.3 Å². The lowest BCUT2D eigenvalue weighted by Gasteiger charge is -2.41. The Kier molecular flexibility index (Phi) is 6.55. The lowest BCUT2D eigenvalue weighted by molar-refractivity contribution is -0.218. The van der Waals surface area contributed by atoms with Crippen molar-refractivity contribution >= 4 is 20.9 Å². The predicted octanol–water partition coefficient (Wildman–Crippen LogP) is 3.63. The summed E-state index contributed by atoms with van der Waals surface area (Å²) in [6, 6.07) is 26.5. The van der Waals surface area contributed by atoms with Gasteiger partial charge >= 0.3 is 5.97 Å². The van der Waals surface area contributed by atoms with Gasteiger partial charge in [-0.15, -0.1) is 0 Å². The second-order valence-corrected chi connectivity index (χ2v) is 12.2. The van der Waals surface area contributed by atoms with Crippen molar-refractivity contribution in [2.24, 2.45) is 5.73 Å². The van der Waals surface area contributed by atoms with Gasteiger partial charge in [0, 0.05) is 6.54 Å². The molecule has 0 amide bonds. The number of carbonyl (C=O) groups excluding carboxylic acids is 1. The summed E-state index contributed by atoms with van der Waals surface area (Å²) < 4.78 is 54.6. The van der Waals surface area contributed by atoms with Crippen LogP contribution < -0.4 is 5.73 Å². The van der Waals surface area contributed by atoms with Crippen molar-refractivity contribution in [3.63, 3.8) is 0 Å². The van der Waals surface area contributed by atoms with Crippen LogP contribution in [0.4, 0.5) is 0 Å². The highest BCUT2D eigenvalue weighted by atomic mass is 32.2. The maximum Gasteiger partial charge on any atom is 0.338 e. The van der Waals surface area contributed by atoms with Gasteiger partial charge < -0.3 is 24.7 Å². The van der Waals surface area contributed by atoms with Crippen LogP contribution in [0.5, 0.6) is 0 Å². The largest absolute Gasteiger partial charge is 0.459 e. The summed E-state index contributed by atoms with van der Waals surface area (Å²) in [7, 11) is -4.19. The molecule has 40 heavy (non-hydrogen) atoms. The number of nitrogens with two attached hydrogens (primary N) is 1. The Hall–Kier alpha value is -3.54. The third-order valence-corrected chi connectivity index (χ3v) is 9.48. The van der Waals surface area contributed by atoms with Gasteiger partial charge in [0.2, 0.25) is 10.0 Å². The molecule has 3 aromatic rings. The monoisotopic (exact) mass is 562 g/mol. The molecule has 9 nitrogen and oxygen atoms in total. The highest BCUT2D eigenvalue weighted by Crippen LogP contribution is 2.56. The molecule has 0 radical (unpaired) electrons. The molecule has 208 valence electrons. The molecule has 3 aliphatic rings. The summed E-state index contributed by atoms with van der Waals surface area (Å²) in [5.74, 6) is -1.63. The minimum atomic E-state index is -4.19. The number of hydrogen-bond donors (Lipinski definition) is 1. The molecule has 0 bridgehead atoms. The number of nitrogens with zero attached hydrogens (tertiary/aromatic N) is 1. The fourth-order valence-electron chi connectivity index (χ4n) is 5.80. The highest BCUT2D eigenvalue weighted by Gasteiger charge is 2.73. The van der Waals surface area contributed by atoms with Gasteiger partial charge in [-0.1, -0.05) is 78.9 Å². The van der Waals surface area contributed by atoms with Gasteiger partial charge in [0.25, 0.3) is 0 Å². The van der Waals surface area contributed by atoms with Crippen LogP contribution in [0, 0.1) is 0 Å². The molecular formula is C30H30N2O7S. The Morgan fingerprint density at radius 1 is 0.925 bits per heavy atom. The van der Waals surface area contributed by atoms with Crippen LogP contribution >= 0.6 is 0 Å². The summed E-state index contributed by atoms with van der Waals surface area (Å²) in [6.45, 7) is 3.17. The van der Waals surface area contributed by atoms with Crippen LogP contribution in [0.3, 0.4) is 0 Å². The van der Waals surface area contributed by atoms with Crippen molar-refractivity contribution in [3.8, 4) is 0 Å². The van der Waals surface area contributed by atoms with E-state index in [1.54, 1.807) is 74.5 Å². The van der Waals surface area contributed by atoms with E-state index in [0.29, 0.717) is 11.1 Å². The van der Waals surface area contributed by atoms with Crippen molar-refractivity contribution in [1.29, 1.82) is 0 Å². The maximum absolute atomic E-state index is 14.5. The summed E-state index contributed by atoms with van der Waals surface area (Å²) >= 11 is 0. The molecule has 4 atom stereocenters. The van der Waals surface area contributed by atoms with Gasteiger partial charge in [-0.3, -0.25) is 0 Å². The van der Waals surface area contributed by atoms with E-state index < -0.39 is 45.8 Å². The first kappa shape index (κ1) is 26.7. The molecule has 0 unspecified atom stereocenters. The quantitative estimate of drug-likeness (QED) is 0.453. The van der Waals surface area contributed by atoms with Crippen LogP contribution in [-0.4, -0.2) is 55.1 Å². The van der Waals surface area contributed by atoms with E-state index in [0.717, 1.165) is 5.56 Å². The van der Waals surface area contributed by atoms with Gasteiger partial charge in [0.05, 0.1) is 11.3 Å². The Bertz CT molecular complexity index is 1540. The van der Waals surface area contributed by atoms with Crippen molar-refractivity contribution in [3.05, 3.63) is 113 Å².